The predicted octanol–water partition coefficient (Wildman–Crippen LogP) is -0.349. The Labute approximate surface area is 86.6 Å². The minimum absolute atomic E-state index is 0.0839. The summed E-state index contributed by atoms with van der Waals surface area (Å²) in [7, 11) is 0. The van der Waals surface area contributed by atoms with E-state index in [1.54, 1.807) is 29.3 Å². The van der Waals surface area contributed by atoms with Crippen LogP contribution in [0.2, 0.25) is 0 Å². The van der Waals surface area contributed by atoms with Crippen LogP contribution in [0.3, 0.4) is 0 Å². The molecule has 6 nitrogen and oxygen atoms in total. The van der Waals surface area contributed by atoms with Gasteiger partial charge in [-0.1, -0.05) is 5.21 Å². The molecule has 0 saturated carbocycles. The lowest BCUT2D eigenvalue weighted by molar-refractivity contribution is 0.298. The fourth-order valence-corrected chi connectivity index (χ4v) is 1.20. The topological polar surface area (TPSA) is 76.7 Å². The van der Waals surface area contributed by atoms with Crippen LogP contribution < -0.4 is 0 Å². The molecule has 0 radical (unpaired) electrons. The van der Waals surface area contributed by atoms with Crippen molar-refractivity contribution in [2.45, 2.75) is 13.0 Å². The van der Waals surface area contributed by atoms with E-state index in [0.717, 1.165) is 5.69 Å². The fraction of sp³-hybridized carbons (Fsp3) is 0.333. The summed E-state index contributed by atoms with van der Waals surface area (Å²) in [6.07, 6.45) is 5.68. The largest absolute Gasteiger partial charge is 0.396 e. The molecule has 0 spiro atoms. The summed E-state index contributed by atoms with van der Waals surface area (Å²) in [5.41, 5.74) is 0.772. The highest BCUT2D eigenvalue weighted by Crippen LogP contribution is 1.96. The Kier molecular flexibility index (Phi) is 2.99. The number of hydrogen-bond acceptors (Lipinski definition) is 5. The first kappa shape index (κ1) is 9.72. The van der Waals surface area contributed by atoms with Gasteiger partial charge in [0, 0.05) is 31.6 Å². The zero-order valence-corrected chi connectivity index (χ0v) is 8.11. The van der Waals surface area contributed by atoms with Crippen LogP contribution in [0.15, 0.2) is 24.7 Å². The van der Waals surface area contributed by atoms with Crippen molar-refractivity contribution in [3.63, 3.8) is 0 Å². The van der Waals surface area contributed by atoms with Gasteiger partial charge in [0.2, 0.25) is 0 Å². The van der Waals surface area contributed by atoms with Crippen LogP contribution in [0.5, 0.6) is 0 Å². The third kappa shape index (κ3) is 2.57. The number of rotatable bonds is 4. The number of nitrogens with zero attached hydrogens (tertiary/aromatic N) is 5. The van der Waals surface area contributed by atoms with E-state index in [-0.39, 0.29) is 6.61 Å². The average Bonchev–Trinajstić information content (AvgIpc) is 2.68. The summed E-state index contributed by atoms with van der Waals surface area (Å²) in [5, 5.41) is 16.5. The van der Waals surface area contributed by atoms with Gasteiger partial charge in [-0.25, -0.2) is 14.6 Å². The second-order valence-corrected chi connectivity index (χ2v) is 3.05. The molecule has 0 bridgehead atoms. The van der Waals surface area contributed by atoms with E-state index in [1.807, 2.05) is 0 Å². The molecule has 0 fully saturated rings. The van der Waals surface area contributed by atoms with E-state index in [1.165, 1.54) is 0 Å². The summed E-state index contributed by atoms with van der Waals surface area (Å²) < 4.78 is 1.65. The monoisotopic (exact) mass is 205 g/mol. The van der Waals surface area contributed by atoms with Gasteiger partial charge in [-0.05, 0) is 6.07 Å². The molecule has 2 aromatic rings. The van der Waals surface area contributed by atoms with E-state index in [4.69, 9.17) is 5.11 Å². The molecule has 0 amide bonds. The first-order chi connectivity index (χ1) is 7.38. The Bertz CT molecular complexity index is 413. The van der Waals surface area contributed by atoms with Gasteiger partial charge in [0.1, 0.15) is 12.4 Å². The summed E-state index contributed by atoms with van der Waals surface area (Å²) in [6.45, 7) is 0.583. The molecule has 0 aromatic carbocycles. The highest BCUT2D eigenvalue weighted by Gasteiger charge is 2.01. The zero-order valence-electron chi connectivity index (χ0n) is 8.11. The van der Waals surface area contributed by atoms with Crippen molar-refractivity contribution in [2.75, 3.05) is 6.61 Å². The lowest BCUT2D eigenvalue weighted by atomic mass is 10.3. The van der Waals surface area contributed by atoms with Gasteiger partial charge < -0.3 is 5.11 Å². The van der Waals surface area contributed by atoms with Gasteiger partial charge in [-0.2, -0.15) is 0 Å². The Morgan fingerprint density at radius 2 is 2.07 bits per heavy atom. The third-order valence-electron chi connectivity index (χ3n) is 1.88. The molecule has 1 N–H and O–H groups in total. The van der Waals surface area contributed by atoms with Crippen molar-refractivity contribution in [3.05, 3.63) is 36.2 Å². The summed E-state index contributed by atoms with van der Waals surface area (Å²) in [5.74, 6) is 0.693. The Morgan fingerprint density at radius 1 is 1.27 bits per heavy atom. The van der Waals surface area contributed by atoms with Crippen LogP contribution in [0.4, 0.5) is 0 Å². The maximum atomic E-state index is 8.72. The molecule has 2 aromatic heterocycles. The minimum atomic E-state index is 0.0839. The van der Waals surface area contributed by atoms with Crippen molar-refractivity contribution >= 4 is 0 Å². The molecule has 2 rings (SSSR count). The SMILES string of the molecule is OCCc1cn(Cc2ncccn2)nn1. The van der Waals surface area contributed by atoms with E-state index in [9.17, 15) is 0 Å². The van der Waals surface area contributed by atoms with Gasteiger partial charge in [-0.3, -0.25) is 0 Å². The van der Waals surface area contributed by atoms with E-state index in [2.05, 4.69) is 20.3 Å². The number of aliphatic hydroxyl groups excluding tert-OH is 1. The molecule has 2 heterocycles. The smallest absolute Gasteiger partial charge is 0.149 e. The van der Waals surface area contributed by atoms with Crippen LogP contribution >= 0.6 is 0 Å². The molecule has 0 saturated heterocycles. The second kappa shape index (κ2) is 4.61. The quantitative estimate of drug-likeness (QED) is 0.738. The average molecular weight is 205 g/mol. The van der Waals surface area contributed by atoms with Crippen molar-refractivity contribution < 1.29 is 5.11 Å². The lowest BCUT2D eigenvalue weighted by Crippen LogP contribution is -2.04. The van der Waals surface area contributed by atoms with Crippen LogP contribution in [0.25, 0.3) is 0 Å². The molecule has 0 aliphatic heterocycles. The number of aromatic nitrogens is 5. The van der Waals surface area contributed by atoms with Crippen LogP contribution in [-0.4, -0.2) is 36.7 Å². The summed E-state index contributed by atoms with van der Waals surface area (Å²) >= 11 is 0. The molecule has 0 unspecified atom stereocenters. The van der Waals surface area contributed by atoms with Gasteiger partial charge >= 0.3 is 0 Å². The van der Waals surface area contributed by atoms with Gasteiger partial charge in [0.05, 0.1) is 5.69 Å². The highest BCUT2D eigenvalue weighted by molar-refractivity contribution is 4.95. The normalized spacial score (nSPS) is 10.5. The van der Waals surface area contributed by atoms with Crippen LogP contribution in [-0.2, 0) is 13.0 Å². The first-order valence-corrected chi connectivity index (χ1v) is 4.64. The molecule has 0 atom stereocenters. The fourth-order valence-electron chi connectivity index (χ4n) is 1.20. The predicted molar refractivity (Wildman–Crippen MR) is 51.9 cm³/mol. The summed E-state index contributed by atoms with van der Waals surface area (Å²) in [4.78, 5) is 8.16. The lowest BCUT2D eigenvalue weighted by Gasteiger charge is -1.97. The molecular weight excluding hydrogens is 194 g/mol. The standard InChI is InChI=1S/C9H11N5O/c15-5-2-8-6-14(13-12-8)7-9-10-3-1-4-11-9/h1,3-4,6,15H,2,5,7H2. The van der Waals surface area contributed by atoms with Crippen LogP contribution in [0, 0.1) is 0 Å². The number of hydrogen-bond donors (Lipinski definition) is 1. The first-order valence-electron chi connectivity index (χ1n) is 4.64. The van der Waals surface area contributed by atoms with Gasteiger partial charge in [-0.15, -0.1) is 5.10 Å². The highest BCUT2D eigenvalue weighted by atomic mass is 16.3. The minimum Gasteiger partial charge on any atom is -0.396 e. The number of aliphatic hydroxyl groups is 1. The van der Waals surface area contributed by atoms with E-state index >= 15 is 0 Å². The van der Waals surface area contributed by atoms with Gasteiger partial charge in [0.25, 0.3) is 0 Å². The second-order valence-electron chi connectivity index (χ2n) is 3.05. The molecular formula is C9H11N5O. The van der Waals surface area contributed by atoms with Crippen molar-refractivity contribution in [3.8, 4) is 0 Å². The summed E-state index contributed by atoms with van der Waals surface area (Å²) in [6, 6.07) is 1.77. The Morgan fingerprint density at radius 3 is 2.80 bits per heavy atom. The third-order valence-corrected chi connectivity index (χ3v) is 1.88. The molecule has 0 aliphatic carbocycles. The maximum absolute atomic E-state index is 8.72. The van der Waals surface area contributed by atoms with Crippen molar-refractivity contribution in [1.82, 2.24) is 25.0 Å². The van der Waals surface area contributed by atoms with Crippen molar-refractivity contribution in [2.24, 2.45) is 0 Å². The molecule has 6 heteroatoms. The van der Waals surface area contributed by atoms with Crippen LogP contribution in [0.1, 0.15) is 11.5 Å². The van der Waals surface area contributed by atoms with Crippen molar-refractivity contribution in [1.29, 1.82) is 0 Å². The van der Waals surface area contributed by atoms with Gasteiger partial charge in [0.15, 0.2) is 0 Å². The van der Waals surface area contributed by atoms with E-state index in [0.29, 0.717) is 18.8 Å². The zero-order chi connectivity index (χ0) is 10.5. The molecule has 78 valence electrons. The Hall–Kier alpha value is -1.82. The van der Waals surface area contributed by atoms with E-state index < -0.39 is 0 Å². The Balaban J connectivity index is 2.05. The maximum Gasteiger partial charge on any atom is 0.149 e. The molecule has 0 aliphatic rings. The molecule has 15 heavy (non-hydrogen) atoms.